The lowest BCUT2D eigenvalue weighted by Gasteiger charge is -2.06. The first kappa shape index (κ1) is 12.2. The van der Waals surface area contributed by atoms with Crippen LogP contribution in [0.25, 0.3) is 0 Å². The van der Waals surface area contributed by atoms with Gasteiger partial charge in [0, 0.05) is 40.7 Å². The third-order valence-electron chi connectivity index (χ3n) is 1.69. The lowest BCUT2D eigenvalue weighted by molar-refractivity contribution is 0.600. The van der Waals surface area contributed by atoms with Gasteiger partial charge in [0.2, 0.25) is 0 Å². The van der Waals surface area contributed by atoms with Crippen LogP contribution in [0.1, 0.15) is 5.56 Å². The molecule has 0 spiro atoms. The normalized spacial score (nSPS) is 11.6. The van der Waals surface area contributed by atoms with Gasteiger partial charge < -0.3 is 0 Å². The third-order valence-corrected chi connectivity index (χ3v) is 3.48. The van der Waals surface area contributed by atoms with Gasteiger partial charge in [-0.1, -0.05) is 17.7 Å². The molecule has 0 aliphatic carbocycles. The standard InChI is InChI=1S/C8H9ClINO2S/c1-14(12,13)8-4-7(9)3-2-6(8)5-11-10/h2-4,11H,5H2,1H3. The number of sulfone groups is 1. The number of hydrogen-bond donors (Lipinski definition) is 1. The van der Waals surface area contributed by atoms with Crippen LogP contribution in [0, 0.1) is 0 Å². The quantitative estimate of drug-likeness (QED) is 0.675. The average Bonchev–Trinajstić information content (AvgIpc) is 2.07. The zero-order valence-electron chi connectivity index (χ0n) is 7.42. The molecular weight excluding hydrogens is 337 g/mol. The van der Waals surface area contributed by atoms with E-state index in [1.807, 2.05) is 22.9 Å². The second-order valence-electron chi connectivity index (χ2n) is 2.83. The highest BCUT2D eigenvalue weighted by molar-refractivity contribution is 14.1. The topological polar surface area (TPSA) is 46.2 Å². The summed E-state index contributed by atoms with van der Waals surface area (Å²) >= 11 is 7.70. The Kier molecular flexibility index (Phi) is 4.17. The largest absolute Gasteiger partial charge is 0.257 e. The van der Waals surface area contributed by atoms with Crippen LogP contribution in [0.2, 0.25) is 5.02 Å². The van der Waals surface area contributed by atoms with Crippen molar-refractivity contribution in [2.24, 2.45) is 0 Å². The highest BCUT2D eigenvalue weighted by atomic mass is 127. The zero-order valence-corrected chi connectivity index (χ0v) is 11.1. The van der Waals surface area contributed by atoms with Crippen molar-refractivity contribution in [3.63, 3.8) is 0 Å². The molecule has 1 rings (SSSR count). The fourth-order valence-corrected chi connectivity index (χ4v) is 2.70. The Morgan fingerprint density at radius 3 is 2.64 bits per heavy atom. The molecule has 0 atom stereocenters. The molecule has 78 valence electrons. The van der Waals surface area contributed by atoms with Gasteiger partial charge >= 0.3 is 0 Å². The van der Waals surface area contributed by atoms with Crippen LogP contribution in [0.4, 0.5) is 0 Å². The van der Waals surface area contributed by atoms with E-state index in [4.69, 9.17) is 11.6 Å². The summed E-state index contributed by atoms with van der Waals surface area (Å²) in [6.07, 6.45) is 1.18. The molecule has 1 N–H and O–H groups in total. The SMILES string of the molecule is CS(=O)(=O)c1cc(Cl)ccc1CNI. The van der Waals surface area contributed by atoms with E-state index in [9.17, 15) is 8.42 Å². The molecule has 0 amide bonds. The van der Waals surface area contributed by atoms with Gasteiger partial charge in [0.15, 0.2) is 9.84 Å². The van der Waals surface area contributed by atoms with E-state index in [2.05, 4.69) is 3.53 Å². The van der Waals surface area contributed by atoms with Gasteiger partial charge in [0.1, 0.15) is 0 Å². The monoisotopic (exact) mass is 345 g/mol. The molecule has 0 aromatic heterocycles. The van der Waals surface area contributed by atoms with Crippen LogP contribution in [-0.4, -0.2) is 14.7 Å². The first-order valence-electron chi connectivity index (χ1n) is 3.77. The lowest BCUT2D eigenvalue weighted by atomic mass is 10.2. The maximum absolute atomic E-state index is 11.4. The highest BCUT2D eigenvalue weighted by Gasteiger charge is 2.13. The van der Waals surface area contributed by atoms with E-state index in [0.717, 1.165) is 5.56 Å². The molecule has 0 saturated carbocycles. The van der Waals surface area contributed by atoms with Crippen LogP contribution >= 0.6 is 34.5 Å². The number of nitrogens with one attached hydrogen (secondary N) is 1. The summed E-state index contributed by atoms with van der Waals surface area (Å²) in [6.45, 7) is 0.500. The fraction of sp³-hybridized carbons (Fsp3) is 0.250. The summed E-state index contributed by atoms with van der Waals surface area (Å²) in [4.78, 5) is 0.286. The van der Waals surface area contributed by atoms with Crippen LogP contribution in [0.3, 0.4) is 0 Å². The number of rotatable bonds is 3. The van der Waals surface area contributed by atoms with Crippen LogP contribution in [0.5, 0.6) is 0 Å². The summed E-state index contributed by atoms with van der Waals surface area (Å²) in [5.74, 6) is 0. The molecule has 0 radical (unpaired) electrons. The molecule has 0 saturated heterocycles. The molecule has 6 heteroatoms. The number of benzene rings is 1. The zero-order chi connectivity index (χ0) is 10.8. The molecule has 0 bridgehead atoms. The Labute approximate surface area is 102 Å². The molecule has 1 aromatic rings. The van der Waals surface area contributed by atoms with Crippen molar-refractivity contribution in [1.82, 2.24) is 3.53 Å². The van der Waals surface area contributed by atoms with E-state index >= 15 is 0 Å². The van der Waals surface area contributed by atoms with Gasteiger partial charge in [0.25, 0.3) is 0 Å². The Balaban J connectivity index is 3.30. The van der Waals surface area contributed by atoms with Gasteiger partial charge in [-0.25, -0.2) is 8.42 Å². The fourth-order valence-electron chi connectivity index (χ4n) is 1.09. The van der Waals surface area contributed by atoms with Gasteiger partial charge in [0.05, 0.1) is 4.90 Å². The molecule has 0 fully saturated rings. The molecule has 3 nitrogen and oxygen atoms in total. The summed E-state index contributed by atoms with van der Waals surface area (Å²) < 4.78 is 25.7. The van der Waals surface area contributed by atoms with Crippen molar-refractivity contribution >= 4 is 44.3 Å². The molecule has 0 heterocycles. The Bertz CT molecular complexity index is 433. The van der Waals surface area contributed by atoms with E-state index < -0.39 is 9.84 Å². The minimum Gasteiger partial charge on any atom is -0.257 e. The van der Waals surface area contributed by atoms with Crippen LogP contribution in [0.15, 0.2) is 23.1 Å². The van der Waals surface area contributed by atoms with Crippen LogP contribution < -0.4 is 3.53 Å². The minimum atomic E-state index is -3.21. The molecule has 14 heavy (non-hydrogen) atoms. The smallest absolute Gasteiger partial charge is 0.175 e. The molecule has 0 aliphatic heterocycles. The van der Waals surface area contributed by atoms with Gasteiger partial charge in [-0.05, 0) is 17.7 Å². The van der Waals surface area contributed by atoms with Crippen molar-refractivity contribution in [2.45, 2.75) is 11.4 Å². The van der Waals surface area contributed by atoms with Crippen molar-refractivity contribution in [1.29, 1.82) is 0 Å². The van der Waals surface area contributed by atoms with E-state index in [1.165, 1.54) is 12.3 Å². The summed E-state index contributed by atoms with van der Waals surface area (Å²) in [7, 11) is -3.21. The lowest BCUT2D eigenvalue weighted by Crippen LogP contribution is -2.06. The van der Waals surface area contributed by atoms with Crippen molar-refractivity contribution < 1.29 is 8.42 Å². The Morgan fingerprint density at radius 1 is 1.50 bits per heavy atom. The van der Waals surface area contributed by atoms with Crippen molar-refractivity contribution in [3.05, 3.63) is 28.8 Å². The second-order valence-corrected chi connectivity index (χ2v) is 6.02. The van der Waals surface area contributed by atoms with Crippen molar-refractivity contribution in [2.75, 3.05) is 6.26 Å². The number of halogens is 2. The Morgan fingerprint density at radius 2 is 2.14 bits per heavy atom. The summed E-state index contributed by atoms with van der Waals surface area (Å²) in [5.41, 5.74) is 0.728. The maximum Gasteiger partial charge on any atom is 0.175 e. The maximum atomic E-state index is 11.4. The summed E-state index contributed by atoms with van der Waals surface area (Å²) in [5, 5.41) is 0.433. The molecule has 1 aromatic carbocycles. The molecule has 0 aliphatic rings. The average molecular weight is 346 g/mol. The third kappa shape index (κ3) is 3.08. The second kappa shape index (κ2) is 4.78. The summed E-state index contributed by atoms with van der Waals surface area (Å²) in [6, 6.07) is 4.87. The highest BCUT2D eigenvalue weighted by Crippen LogP contribution is 2.20. The van der Waals surface area contributed by atoms with Gasteiger partial charge in [-0.3, -0.25) is 3.53 Å². The van der Waals surface area contributed by atoms with Gasteiger partial charge in [-0.2, -0.15) is 0 Å². The van der Waals surface area contributed by atoms with E-state index in [-0.39, 0.29) is 4.90 Å². The van der Waals surface area contributed by atoms with Crippen molar-refractivity contribution in [3.8, 4) is 0 Å². The van der Waals surface area contributed by atoms with E-state index in [0.29, 0.717) is 11.6 Å². The van der Waals surface area contributed by atoms with E-state index in [1.54, 1.807) is 12.1 Å². The predicted molar refractivity (Wildman–Crippen MR) is 65.4 cm³/mol. The minimum absolute atomic E-state index is 0.286. The predicted octanol–water partition coefficient (Wildman–Crippen LogP) is 2.18. The van der Waals surface area contributed by atoms with Gasteiger partial charge in [-0.15, -0.1) is 0 Å². The first-order valence-corrected chi connectivity index (χ1v) is 7.12. The Hall–Kier alpha value is 0.150. The first-order chi connectivity index (χ1) is 6.45. The molecule has 0 unspecified atom stereocenters. The molecular formula is C8H9ClINO2S. The van der Waals surface area contributed by atoms with Crippen LogP contribution in [-0.2, 0) is 16.4 Å². The number of hydrogen-bond acceptors (Lipinski definition) is 3.